The first kappa shape index (κ1) is 17.7. The Hall–Kier alpha value is -2.72. The van der Waals surface area contributed by atoms with Crippen LogP contribution in [0.2, 0.25) is 0 Å². The molecule has 0 aliphatic carbocycles. The largest absolute Gasteiger partial charge is 0.345 e. The predicted molar refractivity (Wildman–Crippen MR) is 99.9 cm³/mol. The molecule has 1 atom stereocenters. The number of nitrogens with one attached hydrogen (secondary N) is 2. The van der Waals surface area contributed by atoms with Gasteiger partial charge in [0.15, 0.2) is 5.69 Å². The van der Waals surface area contributed by atoms with Gasteiger partial charge in [-0.3, -0.25) is 19.4 Å². The Kier molecular flexibility index (Phi) is 5.45. The van der Waals surface area contributed by atoms with E-state index in [1.54, 1.807) is 29.5 Å². The molecule has 1 amide bonds. The third kappa shape index (κ3) is 4.52. The minimum Gasteiger partial charge on any atom is -0.345 e. The molecule has 4 rings (SSSR count). The summed E-state index contributed by atoms with van der Waals surface area (Å²) in [4.78, 5) is 25.1. The molecule has 1 fully saturated rings. The van der Waals surface area contributed by atoms with Gasteiger partial charge in [0.2, 0.25) is 0 Å². The Labute approximate surface area is 160 Å². The van der Waals surface area contributed by atoms with Gasteiger partial charge in [0.05, 0.1) is 24.6 Å². The van der Waals surface area contributed by atoms with Crippen LogP contribution in [-0.4, -0.2) is 48.9 Å². The van der Waals surface area contributed by atoms with Crippen molar-refractivity contribution in [2.45, 2.75) is 25.9 Å². The van der Waals surface area contributed by atoms with Crippen LogP contribution in [0.5, 0.6) is 0 Å². The van der Waals surface area contributed by atoms with E-state index in [2.05, 4.69) is 35.9 Å². The summed E-state index contributed by atoms with van der Waals surface area (Å²) in [6.07, 6.45) is 8.97. The van der Waals surface area contributed by atoms with Crippen LogP contribution in [-0.2, 0) is 13.1 Å². The molecule has 0 saturated carbocycles. The molecule has 1 saturated heterocycles. The summed E-state index contributed by atoms with van der Waals surface area (Å²) < 4.78 is 1.75. The van der Waals surface area contributed by atoms with Crippen LogP contribution in [0.15, 0.2) is 30.2 Å². The van der Waals surface area contributed by atoms with Crippen molar-refractivity contribution < 1.29 is 4.79 Å². The van der Waals surface area contributed by atoms with Gasteiger partial charge in [-0.2, -0.15) is 0 Å². The zero-order valence-electron chi connectivity index (χ0n) is 14.7. The fourth-order valence-electron chi connectivity index (χ4n) is 3.01. The molecule has 27 heavy (non-hydrogen) atoms. The van der Waals surface area contributed by atoms with Crippen molar-refractivity contribution in [3.8, 4) is 10.7 Å². The van der Waals surface area contributed by atoms with Gasteiger partial charge in [-0.1, -0.05) is 5.21 Å². The van der Waals surface area contributed by atoms with Gasteiger partial charge in [-0.05, 0) is 31.8 Å². The average molecular weight is 384 g/mol. The number of carbonyl (C=O) groups is 1. The molecule has 1 aliphatic rings. The number of piperidine rings is 1. The third-order valence-corrected chi connectivity index (χ3v) is 5.29. The number of hydrogen-bond acceptors (Lipinski definition) is 8. The van der Waals surface area contributed by atoms with Crippen LogP contribution in [0.4, 0.5) is 0 Å². The van der Waals surface area contributed by atoms with E-state index in [1.807, 2.05) is 5.38 Å². The quantitative estimate of drug-likeness (QED) is 0.655. The lowest BCUT2D eigenvalue weighted by Crippen LogP contribution is -2.32. The molecule has 0 spiro atoms. The van der Waals surface area contributed by atoms with Crippen LogP contribution in [0, 0.1) is 5.92 Å². The van der Waals surface area contributed by atoms with Crippen molar-refractivity contribution in [1.82, 2.24) is 40.6 Å². The first-order valence-electron chi connectivity index (χ1n) is 8.88. The molecule has 10 heteroatoms. The fourth-order valence-corrected chi connectivity index (χ4v) is 3.79. The SMILES string of the molecule is O=C(NCc1csc(-c2cnccn2)n1)c1cn(C[C@@H]2CCCNC2)nn1. The van der Waals surface area contributed by atoms with E-state index in [0.717, 1.165) is 36.0 Å². The molecule has 0 aromatic carbocycles. The van der Waals surface area contributed by atoms with Gasteiger partial charge in [0.25, 0.3) is 5.91 Å². The number of thiazole rings is 1. The zero-order chi connectivity index (χ0) is 18.5. The molecule has 1 aliphatic heterocycles. The first-order valence-corrected chi connectivity index (χ1v) is 9.76. The highest BCUT2D eigenvalue weighted by Gasteiger charge is 2.16. The number of aromatic nitrogens is 6. The molecule has 0 bridgehead atoms. The highest BCUT2D eigenvalue weighted by molar-refractivity contribution is 7.13. The summed E-state index contributed by atoms with van der Waals surface area (Å²) in [5.74, 6) is 0.281. The number of hydrogen-bond donors (Lipinski definition) is 2. The highest BCUT2D eigenvalue weighted by atomic mass is 32.1. The number of rotatable bonds is 6. The van der Waals surface area contributed by atoms with Gasteiger partial charge in [0, 0.05) is 24.3 Å². The predicted octanol–water partition coefficient (Wildman–Crippen LogP) is 1.12. The molecule has 0 radical (unpaired) electrons. The van der Waals surface area contributed by atoms with Gasteiger partial charge < -0.3 is 10.6 Å². The summed E-state index contributed by atoms with van der Waals surface area (Å²) in [5.41, 5.74) is 1.82. The molecule has 3 aromatic rings. The maximum absolute atomic E-state index is 12.3. The lowest BCUT2D eigenvalue weighted by atomic mass is 10.00. The van der Waals surface area contributed by atoms with Crippen molar-refractivity contribution in [1.29, 1.82) is 0 Å². The number of amides is 1. The maximum Gasteiger partial charge on any atom is 0.273 e. The van der Waals surface area contributed by atoms with E-state index in [1.165, 1.54) is 24.2 Å². The van der Waals surface area contributed by atoms with Crippen LogP contribution >= 0.6 is 11.3 Å². The molecule has 9 nitrogen and oxygen atoms in total. The van der Waals surface area contributed by atoms with Crippen molar-refractivity contribution in [3.05, 3.63) is 41.6 Å². The Balaban J connectivity index is 1.31. The van der Waals surface area contributed by atoms with E-state index in [4.69, 9.17) is 0 Å². The van der Waals surface area contributed by atoms with Crippen LogP contribution in [0.25, 0.3) is 10.7 Å². The lowest BCUT2D eigenvalue weighted by Gasteiger charge is -2.22. The van der Waals surface area contributed by atoms with E-state index in [-0.39, 0.29) is 5.91 Å². The fraction of sp³-hybridized carbons (Fsp3) is 0.412. The Morgan fingerprint density at radius 3 is 3.19 bits per heavy atom. The van der Waals surface area contributed by atoms with Gasteiger partial charge in [0.1, 0.15) is 10.7 Å². The second-order valence-corrected chi connectivity index (χ2v) is 7.31. The Morgan fingerprint density at radius 1 is 1.41 bits per heavy atom. The summed E-state index contributed by atoms with van der Waals surface area (Å²) >= 11 is 1.47. The second kappa shape index (κ2) is 8.31. The third-order valence-electron chi connectivity index (χ3n) is 4.38. The molecule has 4 heterocycles. The van der Waals surface area contributed by atoms with Crippen LogP contribution in [0.1, 0.15) is 29.0 Å². The van der Waals surface area contributed by atoms with Crippen molar-refractivity contribution in [2.24, 2.45) is 5.92 Å². The number of nitrogens with zero attached hydrogens (tertiary/aromatic N) is 6. The van der Waals surface area contributed by atoms with Crippen molar-refractivity contribution >= 4 is 17.2 Å². The Bertz CT molecular complexity index is 887. The number of carbonyl (C=O) groups excluding carboxylic acids is 1. The summed E-state index contributed by atoms with van der Waals surface area (Å²) in [6, 6.07) is 0. The molecule has 140 valence electrons. The monoisotopic (exact) mass is 384 g/mol. The summed E-state index contributed by atoms with van der Waals surface area (Å²) in [7, 11) is 0. The minimum absolute atomic E-state index is 0.253. The average Bonchev–Trinajstić information content (AvgIpc) is 3.37. The zero-order valence-corrected chi connectivity index (χ0v) is 15.5. The van der Waals surface area contributed by atoms with E-state index in [9.17, 15) is 4.79 Å². The molecule has 2 N–H and O–H groups in total. The van der Waals surface area contributed by atoms with E-state index in [0.29, 0.717) is 18.2 Å². The van der Waals surface area contributed by atoms with Crippen molar-refractivity contribution in [2.75, 3.05) is 13.1 Å². The van der Waals surface area contributed by atoms with Gasteiger partial charge in [-0.15, -0.1) is 16.4 Å². The first-order chi connectivity index (χ1) is 13.3. The van der Waals surface area contributed by atoms with Crippen LogP contribution in [0.3, 0.4) is 0 Å². The van der Waals surface area contributed by atoms with E-state index >= 15 is 0 Å². The second-order valence-electron chi connectivity index (χ2n) is 6.46. The molecule has 3 aromatic heterocycles. The van der Waals surface area contributed by atoms with E-state index < -0.39 is 0 Å². The standard InChI is InChI=1S/C17H20N8OS/c26-16(15-10-25(24-23-15)9-12-2-1-3-18-6-12)21-7-13-11-27-17(22-13)14-8-19-4-5-20-14/h4-5,8,10-12,18H,1-3,6-7,9H2,(H,21,26)/t12-/m1/s1. The molecule has 0 unspecified atom stereocenters. The Morgan fingerprint density at radius 2 is 2.37 bits per heavy atom. The van der Waals surface area contributed by atoms with Crippen molar-refractivity contribution in [3.63, 3.8) is 0 Å². The molecular formula is C17H20N8OS. The normalized spacial score (nSPS) is 17.0. The highest BCUT2D eigenvalue weighted by Crippen LogP contribution is 2.20. The summed E-state index contributed by atoms with van der Waals surface area (Å²) in [5, 5.41) is 17.0. The van der Waals surface area contributed by atoms with Gasteiger partial charge in [-0.25, -0.2) is 4.98 Å². The topological polar surface area (TPSA) is 111 Å². The minimum atomic E-state index is -0.253. The lowest BCUT2D eigenvalue weighted by molar-refractivity contribution is 0.0945. The van der Waals surface area contributed by atoms with Gasteiger partial charge >= 0.3 is 0 Å². The smallest absolute Gasteiger partial charge is 0.273 e. The maximum atomic E-state index is 12.3. The van der Waals surface area contributed by atoms with Crippen LogP contribution < -0.4 is 10.6 Å². The molecular weight excluding hydrogens is 364 g/mol. The summed E-state index contributed by atoms with van der Waals surface area (Å²) in [6.45, 7) is 3.17.